The van der Waals surface area contributed by atoms with Crippen LogP contribution in [0.25, 0.3) is 0 Å². The second-order valence-corrected chi connectivity index (χ2v) is 5.93. The van der Waals surface area contributed by atoms with Crippen LogP contribution in [-0.4, -0.2) is 34.9 Å². The van der Waals surface area contributed by atoms with Crippen LogP contribution < -0.4 is 11.1 Å². The summed E-state index contributed by atoms with van der Waals surface area (Å²) in [5.41, 5.74) is 6.68. The number of anilines is 1. The van der Waals surface area contributed by atoms with E-state index >= 15 is 0 Å². The highest BCUT2D eigenvalue weighted by Crippen LogP contribution is 2.23. The summed E-state index contributed by atoms with van der Waals surface area (Å²) in [5, 5.41) is 3.31. The van der Waals surface area contributed by atoms with Crippen molar-refractivity contribution in [2.24, 2.45) is 11.7 Å². The van der Waals surface area contributed by atoms with Gasteiger partial charge in [-0.1, -0.05) is 6.92 Å². The molecule has 0 aliphatic carbocycles. The van der Waals surface area contributed by atoms with E-state index in [2.05, 4.69) is 35.1 Å². The standard InChI is InChI=1S/C16H26N4O/c1-3-7-18-15-9-13(6-8-19-15)10-20-11-14(16(17)21)5-4-12(20)2/h6,8-9,12,14H,3-5,7,10-11H2,1-2H3,(H2,17,21)(H,18,19). The molecule has 1 aliphatic heterocycles. The topological polar surface area (TPSA) is 71.2 Å². The van der Waals surface area contributed by atoms with Crippen molar-refractivity contribution in [2.75, 3.05) is 18.4 Å². The van der Waals surface area contributed by atoms with Gasteiger partial charge in [0.1, 0.15) is 5.82 Å². The first-order valence-electron chi connectivity index (χ1n) is 7.82. The first-order chi connectivity index (χ1) is 10.1. The molecule has 2 unspecified atom stereocenters. The molecule has 2 heterocycles. The molecule has 1 fully saturated rings. The van der Waals surface area contributed by atoms with E-state index in [4.69, 9.17) is 5.73 Å². The zero-order valence-corrected chi connectivity index (χ0v) is 13.0. The van der Waals surface area contributed by atoms with Crippen molar-refractivity contribution in [1.82, 2.24) is 9.88 Å². The van der Waals surface area contributed by atoms with Gasteiger partial charge in [0.15, 0.2) is 0 Å². The number of hydrogen-bond donors (Lipinski definition) is 2. The van der Waals surface area contributed by atoms with Gasteiger partial charge in [-0.05, 0) is 43.9 Å². The van der Waals surface area contributed by atoms with E-state index in [1.807, 2.05) is 12.3 Å². The normalized spacial score (nSPS) is 23.0. The predicted molar refractivity (Wildman–Crippen MR) is 84.8 cm³/mol. The van der Waals surface area contributed by atoms with Crippen LogP contribution in [0.1, 0.15) is 38.7 Å². The summed E-state index contributed by atoms with van der Waals surface area (Å²) in [7, 11) is 0. The zero-order valence-electron chi connectivity index (χ0n) is 13.0. The van der Waals surface area contributed by atoms with Crippen molar-refractivity contribution in [1.29, 1.82) is 0 Å². The highest BCUT2D eigenvalue weighted by molar-refractivity contribution is 5.77. The largest absolute Gasteiger partial charge is 0.370 e. The average Bonchev–Trinajstić information content (AvgIpc) is 2.47. The van der Waals surface area contributed by atoms with Gasteiger partial charge in [0.2, 0.25) is 5.91 Å². The molecule has 21 heavy (non-hydrogen) atoms. The summed E-state index contributed by atoms with van der Waals surface area (Å²) < 4.78 is 0. The number of nitrogens with zero attached hydrogens (tertiary/aromatic N) is 2. The van der Waals surface area contributed by atoms with Gasteiger partial charge in [-0.15, -0.1) is 0 Å². The second kappa shape index (κ2) is 7.41. The number of amides is 1. The van der Waals surface area contributed by atoms with Crippen LogP contribution in [0.15, 0.2) is 18.3 Å². The summed E-state index contributed by atoms with van der Waals surface area (Å²) >= 11 is 0. The average molecular weight is 290 g/mol. The van der Waals surface area contributed by atoms with Crippen LogP contribution in [0.4, 0.5) is 5.82 Å². The Balaban J connectivity index is 2.00. The zero-order chi connectivity index (χ0) is 15.2. The lowest BCUT2D eigenvalue weighted by Gasteiger charge is -2.36. The van der Waals surface area contributed by atoms with Crippen LogP contribution >= 0.6 is 0 Å². The SMILES string of the molecule is CCCNc1cc(CN2CC(C(N)=O)CCC2C)ccn1. The number of carbonyl (C=O) groups is 1. The molecule has 2 atom stereocenters. The highest BCUT2D eigenvalue weighted by atomic mass is 16.1. The van der Waals surface area contributed by atoms with Crippen LogP contribution in [0.3, 0.4) is 0 Å². The number of rotatable bonds is 6. The lowest BCUT2D eigenvalue weighted by Crippen LogP contribution is -2.45. The first kappa shape index (κ1) is 15.8. The number of likely N-dealkylation sites (tertiary alicyclic amines) is 1. The van der Waals surface area contributed by atoms with E-state index in [0.29, 0.717) is 6.04 Å². The van der Waals surface area contributed by atoms with Crippen molar-refractivity contribution < 1.29 is 4.79 Å². The lowest BCUT2D eigenvalue weighted by molar-refractivity contribution is -0.124. The molecule has 0 spiro atoms. The van der Waals surface area contributed by atoms with E-state index in [-0.39, 0.29) is 11.8 Å². The molecule has 1 saturated heterocycles. The number of pyridine rings is 1. The fourth-order valence-corrected chi connectivity index (χ4v) is 2.79. The first-order valence-corrected chi connectivity index (χ1v) is 7.82. The van der Waals surface area contributed by atoms with Gasteiger partial charge in [-0.3, -0.25) is 9.69 Å². The molecule has 116 valence electrons. The maximum absolute atomic E-state index is 11.4. The fraction of sp³-hybridized carbons (Fsp3) is 0.625. The maximum Gasteiger partial charge on any atom is 0.221 e. The van der Waals surface area contributed by atoms with Crippen LogP contribution in [0.2, 0.25) is 0 Å². The Hall–Kier alpha value is -1.62. The monoisotopic (exact) mass is 290 g/mol. The van der Waals surface area contributed by atoms with E-state index in [0.717, 1.165) is 44.7 Å². The minimum absolute atomic E-state index is 0.0132. The number of nitrogens with two attached hydrogens (primary N) is 1. The molecule has 1 aromatic heterocycles. The van der Waals surface area contributed by atoms with Crippen LogP contribution in [0.5, 0.6) is 0 Å². The summed E-state index contributed by atoms with van der Waals surface area (Å²) in [5.74, 6) is 0.734. The van der Waals surface area contributed by atoms with Crippen molar-refractivity contribution in [3.63, 3.8) is 0 Å². The van der Waals surface area contributed by atoms with Gasteiger partial charge in [-0.25, -0.2) is 4.98 Å². The van der Waals surface area contributed by atoms with Gasteiger partial charge in [0, 0.05) is 31.9 Å². The number of aromatic nitrogens is 1. The van der Waals surface area contributed by atoms with Gasteiger partial charge in [0.25, 0.3) is 0 Å². The Bertz CT molecular complexity index is 477. The molecule has 1 aliphatic rings. The molecule has 0 radical (unpaired) electrons. The molecular weight excluding hydrogens is 264 g/mol. The Labute approximate surface area is 126 Å². The van der Waals surface area contributed by atoms with Crippen molar-refractivity contribution >= 4 is 11.7 Å². The quantitative estimate of drug-likeness (QED) is 0.840. The van der Waals surface area contributed by atoms with Crippen molar-refractivity contribution in [2.45, 2.75) is 45.7 Å². The van der Waals surface area contributed by atoms with Gasteiger partial charge < -0.3 is 11.1 Å². The number of piperidine rings is 1. The van der Waals surface area contributed by atoms with Crippen molar-refractivity contribution in [3.8, 4) is 0 Å². The lowest BCUT2D eigenvalue weighted by atomic mass is 9.92. The predicted octanol–water partition coefficient (Wildman–Crippen LogP) is 1.99. The summed E-state index contributed by atoms with van der Waals surface area (Å²) in [4.78, 5) is 18.1. The van der Waals surface area contributed by atoms with Crippen LogP contribution in [-0.2, 0) is 11.3 Å². The van der Waals surface area contributed by atoms with Crippen LogP contribution in [0, 0.1) is 5.92 Å². The van der Waals surface area contributed by atoms with Gasteiger partial charge >= 0.3 is 0 Å². The molecule has 1 aromatic rings. The molecular formula is C16H26N4O. The van der Waals surface area contributed by atoms with E-state index < -0.39 is 0 Å². The number of nitrogens with one attached hydrogen (secondary N) is 1. The number of hydrogen-bond acceptors (Lipinski definition) is 4. The Morgan fingerprint density at radius 3 is 3.05 bits per heavy atom. The van der Waals surface area contributed by atoms with E-state index in [9.17, 15) is 4.79 Å². The smallest absolute Gasteiger partial charge is 0.221 e. The summed E-state index contributed by atoms with van der Waals surface area (Å²) in [6.45, 7) is 6.88. The number of primary amides is 1. The summed E-state index contributed by atoms with van der Waals surface area (Å²) in [6.07, 6.45) is 4.86. The Morgan fingerprint density at radius 2 is 2.33 bits per heavy atom. The molecule has 0 saturated carbocycles. The molecule has 3 N–H and O–H groups in total. The molecule has 1 amide bonds. The highest BCUT2D eigenvalue weighted by Gasteiger charge is 2.28. The second-order valence-electron chi connectivity index (χ2n) is 5.93. The molecule has 0 aromatic carbocycles. The minimum Gasteiger partial charge on any atom is -0.370 e. The molecule has 2 rings (SSSR count). The third-order valence-corrected chi connectivity index (χ3v) is 4.18. The Kier molecular flexibility index (Phi) is 5.56. The van der Waals surface area contributed by atoms with Crippen molar-refractivity contribution in [3.05, 3.63) is 23.9 Å². The molecule has 5 nitrogen and oxygen atoms in total. The van der Waals surface area contributed by atoms with E-state index in [1.165, 1.54) is 5.56 Å². The molecule has 5 heteroatoms. The fourth-order valence-electron chi connectivity index (χ4n) is 2.79. The van der Waals surface area contributed by atoms with Gasteiger partial charge in [0.05, 0.1) is 5.92 Å². The van der Waals surface area contributed by atoms with E-state index in [1.54, 1.807) is 0 Å². The number of carbonyl (C=O) groups excluding carboxylic acids is 1. The van der Waals surface area contributed by atoms with Gasteiger partial charge in [-0.2, -0.15) is 0 Å². The third-order valence-electron chi connectivity index (χ3n) is 4.18. The maximum atomic E-state index is 11.4. The Morgan fingerprint density at radius 1 is 1.52 bits per heavy atom. The minimum atomic E-state index is -0.174. The summed E-state index contributed by atoms with van der Waals surface area (Å²) in [6, 6.07) is 4.62. The molecule has 0 bridgehead atoms. The third kappa shape index (κ3) is 4.43.